The summed E-state index contributed by atoms with van der Waals surface area (Å²) >= 11 is 0. The Morgan fingerprint density at radius 2 is 1.38 bits per heavy atom. The van der Waals surface area contributed by atoms with Crippen LogP contribution in [0.2, 0.25) is 25.2 Å². The fourth-order valence-corrected chi connectivity index (χ4v) is 8.91. The van der Waals surface area contributed by atoms with E-state index in [4.69, 9.17) is 0 Å². The lowest BCUT2D eigenvalue weighted by Gasteiger charge is -2.30. The van der Waals surface area contributed by atoms with Gasteiger partial charge in [0.1, 0.15) is 5.83 Å². The molecule has 0 heterocycles. The van der Waals surface area contributed by atoms with E-state index in [9.17, 15) is 0 Å². The molecule has 1 unspecified atom stereocenters. The molecular weight excluding hydrogens is 498 g/mol. The first-order valence-corrected chi connectivity index (χ1v) is 19.5. The maximum Gasteiger partial charge on any atom is 0.166 e. The molecular formula is C36H54F2Si. The third-order valence-corrected chi connectivity index (χ3v) is 12.2. The van der Waals surface area contributed by atoms with Gasteiger partial charge in [-0.15, -0.1) is 0 Å². The molecule has 1 aliphatic carbocycles. The lowest BCUT2D eigenvalue weighted by Crippen LogP contribution is -2.30. The lowest BCUT2D eigenvalue weighted by molar-refractivity contribution is 0.156. The molecule has 0 N–H and O–H groups in total. The molecule has 0 spiro atoms. The molecule has 1 aliphatic rings. The van der Waals surface area contributed by atoms with Crippen molar-refractivity contribution in [2.45, 2.75) is 141 Å². The number of aryl methyl sites for hydroxylation is 1. The molecule has 1 atom stereocenters. The van der Waals surface area contributed by atoms with Gasteiger partial charge in [0.15, 0.2) is 5.67 Å². The van der Waals surface area contributed by atoms with E-state index in [2.05, 4.69) is 51.2 Å². The van der Waals surface area contributed by atoms with Crippen molar-refractivity contribution in [2.24, 2.45) is 0 Å². The van der Waals surface area contributed by atoms with Crippen molar-refractivity contribution in [1.29, 1.82) is 0 Å². The number of halogens is 2. The summed E-state index contributed by atoms with van der Waals surface area (Å²) in [7, 11) is -1.21. The van der Waals surface area contributed by atoms with E-state index in [-0.39, 0.29) is 12.8 Å². The van der Waals surface area contributed by atoms with Crippen LogP contribution in [-0.2, 0) is 12.8 Å². The standard InChI is InChI=1S/C36H54F2Si/c1-5-7-9-10-11-12-13-14-18-30-21-23-31(24-22-30)33-20-17-19-32-29-36(38,35(37)28-34(32)33)25-15-16-27-39(3,4)26-8-6-2/h17,19-24,28H,5-16,18,25-27,29H2,1-4H3. The van der Waals surface area contributed by atoms with Gasteiger partial charge in [-0.3, -0.25) is 0 Å². The minimum absolute atomic E-state index is 0.145. The lowest BCUT2D eigenvalue weighted by atomic mass is 9.80. The third kappa shape index (κ3) is 9.99. The van der Waals surface area contributed by atoms with Gasteiger partial charge >= 0.3 is 0 Å². The Bertz CT molecular complexity index is 1020. The second kappa shape index (κ2) is 15.9. The molecule has 2 aromatic carbocycles. The summed E-state index contributed by atoms with van der Waals surface area (Å²) in [6.07, 6.45) is 18.0. The van der Waals surface area contributed by atoms with Crippen LogP contribution in [0.1, 0.15) is 114 Å². The highest BCUT2D eigenvalue weighted by molar-refractivity contribution is 6.77. The van der Waals surface area contributed by atoms with Gasteiger partial charge in [0, 0.05) is 14.5 Å². The summed E-state index contributed by atoms with van der Waals surface area (Å²) in [6.45, 7) is 9.39. The summed E-state index contributed by atoms with van der Waals surface area (Å²) in [6, 6.07) is 17.3. The molecule has 39 heavy (non-hydrogen) atoms. The van der Waals surface area contributed by atoms with Crippen molar-refractivity contribution in [3.63, 3.8) is 0 Å². The van der Waals surface area contributed by atoms with Gasteiger partial charge in [-0.05, 0) is 53.2 Å². The average Bonchev–Trinajstić information content (AvgIpc) is 2.92. The topological polar surface area (TPSA) is 0 Å². The van der Waals surface area contributed by atoms with Gasteiger partial charge in [-0.25, -0.2) is 8.78 Å². The van der Waals surface area contributed by atoms with Crippen LogP contribution in [0.15, 0.2) is 48.3 Å². The molecule has 0 saturated carbocycles. The number of alkyl halides is 1. The summed E-state index contributed by atoms with van der Waals surface area (Å²) in [5.74, 6) is -0.587. The second-order valence-electron chi connectivity index (χ2n) is 12.9. The Morgan fingerprint density at radius 3 is 2.08 bits per heavy atom. The Balaban J connectivity index is 1.55. The molecule has 0 bridgehead atoms. The first-order valence-electron chi connectivity index (χ1n) is 16.1. The van der Waals surface area contributed by atoms with Crippen LogP contribution in [0.4, 0.5) is 8.78 Å². The van der Waals surface area contributed by atoms with Crippen LogP contribution in [0, 0.1) is 0 Å². The Hall–Kier alpha value is -1.74. The van der Waals surface area contributed by atoms with E-state index in [1.54, 1.807) is 0 Å². The van der Waals surface area contributed by atoms with Gasteiger partial charge in [-0.2, -0.15) is 0 Å². The quantitative estimate of drug-likeness (QED) is 0.127. The Kier molecular flexibility index (Phi) is 12.9. The van der Waals surface area contributed by atoms with Crippen LogP contribution < -0.4 is 0 Å². The highest BCUT2D eigenvalue weighted by Gasteiger charge is 2.39. The predicted molar refractivity (Wildman–Crippen MR) is 171 cm³/mol. The summed E-state index contributed by atoms with van der Waals surface area (Å²) < 4.78 is 31.2. The highest BCUT2D eigenvalue weighted by atomic mass is 28.3. The Labute approximate surface area is 239 Å². The number of rotatable bonds is 18. The first kappa shape index (κ1) is 31.8. The minimum Gasteiger partial charge on any atom is -0.236 e. The van der Waals surface area contributed by atoms with Crippen molar-refractivity contribution < 1.29 is 8.78 Å². The van der Waals surface area contributed by atoms with Gasteiger partial charge < -0.3 is 0 Å². The van der Waals surface area contributed by atoms with E-state index in [0.29, 0.717) is 0 Å². The smallest absolute Gasteiger partial charge is 0.166 e. The molecule has 0 nitrogen and oxygen atoms in total. The SMILES string of the molecule is CCCCCCCCCCc1ccc(-c2cccc3c2C=C(F)C(F)(CCCC[Si](C)(C)CCCC)C3)cc1. The Morgan fingerprint density at radius 1 is 0.744 bits per heavy atom. The molecule has 2 aromatic rings. The van der Waals surface area contributed by atoms with Crippen LogP contribution >= 0.6 is 0 Å². The third-order valence-electron chi connectivity index (χ3n) is 8.83. The average molecular weight is 553 g/mol. The maximum absolute atomic E-state index is 15.9. The number of unbranched alkanes of at least 4 members (excludes halogenated alkanes) is 9. The number of hydrogen-bond donors (Lipinski definition) is 0. The molecule has 216 valence electrons. The van der Waals surface area contributed by atoms with E-state index in [1.165, 1.54) is 87.9 Å². The molecule has 0 aliphatic heterocycles. The molecule has 0 amide bonds. The fraction of sp³-hybridized carbons (Fsp3) is 0.611. The van der Waals surface area contributed by atoms with Crippen molar-refractivity contribution >= 4 is 14.1 Å². The van der Waals surface area contributed by atoms with Gasteiger partial charge in [0.05, 0.1) is 0 Å². The summed E-state index contributed by atoms with van der Waals surface area (Å²) in [5.41, 5.74) is 3.37. The zero-order valence-corrected chi connectivity index (χ0v) is 26.4. The van der Waals surface area contributed by atoms with Crippen molar-refractivity contribution in [1.82, 2.24) is 0 Å². The fourth-order valence-electron chi connectivity index (χ4n) is 6.14. The van der Waals surface area contributed by atoms with E-state index in [0.717, 1.165) is 41.5 Å². The van der Waals surface area contributed by atoms with Crippen molar-refractivity contribution in [2.75, 3.05) is 0 Å². The second-order valence-corrected chi connectivity index (χ2v) is 18.2. The monoisotopic (exact) mass is 552 g/mol. The largest absolute Gasteiger partial charge is 0.236 e. The first-order chi connectivity index (χ1) is 18.8. The molecule has 0 radical (unpaired) electrons. The van der Waals surface area contributed by atoms with Gasteiger partial charge in [0.25, 0.3) is 0 Å². The summed E-state index contributed by atoms with van der Waals surface area (Å²) in [5, 5.41) is 0. The molecule has 3 rings (SSSR count). The van der Waals surface area contributed by atoms with Crippen LogP contribution in [0.5, 0.6) is 0 Å². The predicted octanol–water partition coefficient (Wildman–Crippen LogP) is 12.3. The number of allylic oxidation sites excluding steroid dienone is 1. The van der Waals surface area contributed by atoms with E-state index in [1.807, 2.05) is 18.2 Å². The zero-order valence-electron chi connectivity index (χ0n) is 25.4. The molecule has 0 aromatic heterocycles. The minimum atomic E-state index is -1.86. The molecule has 0 fully saturated rings. The van der Waals surface area contributed by atoms with Crippen molar-refractivity contribution in [3.05, 3.63) is 65.0 Å². The van der Waals surface area contributed by atoms with Crippen LogP contribution in [-0.4, -0.2) is 13.7 Å². The van der Waals surface area contributed by atoms with Crippen molar-refractivity contribution in [3.8, 4) is 11.1 Å². The molecule has 3 heteroatoms. The normalized spacial score (nSPS) is 17.2. The van der Waals surface area contributed by atoms with E-state index >= 15 is 8.78 Å². The number of benzene rings is 2. The van der Waals surface area contributed by atoms with E-state index < -0.39 is 19.6 Å². The van der Waals surface area contributed by atoms with Gasteiger partial charge in [-0.1, -0.05) is 152 Å². The summed E-state index contributed by atoms with van der Waals surface area (Å²) in [4.78, 5) is 0. The highest BCUT2D eigenvalue weighted by Crippen LogP contribution is 2.42. The zero-order chi connectivity index (χ0) is 28.1. The van der Waals surface area contributed by atoms with Crippen LogP contribution in [0.3, 0.4) is 0 Å². The molecule has 0 saturated heterocycles. The number of hydrogen-bond acceptors (Lipinski definition) is 0. The van der Waals surface area contributed by atoms with Gasteiger partial charge in [0.2, 0.25) is 0 Å². The maximum atomic E-state index is 15.9. The number of fused-ring (bicyclic) bond motifs is 1. The van der Waals surface area contributed by atoms with Crippen LogP contribution in [0.25, 0.3) is 17.2 Å².